The third-order valence-corrected chi connectivity index (χ3v) is 5.32. The molecule has 6 nitrogen and oxygen atoms in total. The minimum Gasteiger partial charge on any atom is -0.352 e. The van der Waals surface area contributed by atoms with Crippen molar-refractivity contribution in [3.63, 3.8) is 0 Å². The van der Waals surface area contributed by atoms with E-state index in [-0.39, 0.29) is 10.8 Å². The Kier molecular flexibility index (Phi) is 5.41. The zero-order chi connectivity index (χ0) is 19.4. The molecule has 0 bridgehead atoms. The van der Waals surface area contributed by atoms with Gasteiger partial charge in [-0.1, -0.05) is 38.1 Å². The Hall–Kier alpha value is -2.93. The molecule has 3 rings (SSSR count). The number of amides is 1. The van der Waals surface area contributed by atoms with E-state index in [1.54, 1.807) is 36.5 Å². The molecular formula is C20H21N3O3S. The predicted molar refractivity (Wildman–Crippen MR) is 106 cm³/mol. The number of benzene rings is 2. The number of carbonyl (C=O) groups is 1. The molecule has 0 radical (unpaired) electrons. The van der Waals surface area contributed by atoms with E-state index >= 15 is 0 Å². The van der Waals surface area contributed by atoms with Gasteiger partial charge in [-0.2, -0.15) is 0 Å². The van der Waals surface area contributed by atoms with Crippen LogP contribution in [0.5, 0.6) is 0 Å². The Labute approximate surface area is 158 Å². The molecule has 3 aromatic rings. The second-order valence-electron chi connectivity index (χ2n) is 6.62. The Morgan fingerprint density at radius 3 is 2.59 bits per heavy atom. The van der Waals surface area contributed by atoms with Crippen LogP contribution in [0, 0.1) is 5.92 Å². The van der Waals surface area contributed by atoms with Crippen LogP contribution in [0.1, 0.15) is 24.2 Å². The van der Waals surface area contributed by atoms with Crippen molar-refractivity contribution in [2.45, 2.75) is 18.7 Å². The molecule has 2 N–H and O–H groups in total. The van der Waals surface area contributed by atoms with Gasteiger partial charge in [0.05, 0.1) is 16.1 Å². The highest BCUT2D eigenvalue weighted by Crippen LogP contribution is 2.24. The van der Waals surface area contributed by atoms with Crippen LogP contribution in [0.3, 0.4) is 0 Å². The number of hydrogen-bond acceptors (Lipinski definition) is 4. The van der Waals surface area contributed by atoms with Crippen LogP contribution in [-0.4, -0.2) is 25.9 Å². The Morgan fingerprint density at radius 2 is 1.81 bits per heavy atom. The number of para-hydroxylation sites is 1. The molecule has 0 saturated carbocycles. The van der Waals surface area contributed by atoms with Gasteiger partial charge in [-0.3, -0.25) is 14.5 Å². The quantitative estimate of drug-likeness (QED) is 0.683. The minimum atomic E-state index is -3.86. The molecule has 27 heavy (non-hydrogen) atoms. The maximum absolute atomic E-state index is 12.8. The lowest BCUT2D eigenvalue weighted by Gasteiger charge is -2.12. The average molecular weight is 383 g/mol. The average Bonchev–Trinajstić information content (AvgIpc) is 2.66. The first-order valence-electron chi connectivity index (χ1n) is 8.61. The van der Waals surface area contributed by atoms with Gasteiger partial charge < -0.3 is 5.32 Å². The summed E-state index contributed by atoms with van der Waals surface area (Å²) in [6.07, 6.45) is 1.61. The molecule has 2 aromatic carbocycles. The number of hydrogen-bond donors (Lipinski definition) is 2. The lowest BCUT2D eigenvalue weighted by Crippen LogP contribution is -2.27. The number of aromatic nitrogens is 1. The van der Waals surface area contributed by atoms with E-state index in [0.717, 1.165) is 5.39 Å². The van der Waals surface area contributed by atoms with Crippen LogP contribution in [0.25, 0.3) is 10.9 Å². The highest BCUT2D eigenvalue weighted by atomic mass is 32.2. The van der Waals surface area contributed by atoms with Crippen molar-refractivity contribution in [1.29, 1.82) is 0 Å². The molecule has 0 atom stereocenters. The van der Waals surface area contributed by atoms with E-state index in [1.807, 2.05) is 26.0 Å². The second-order valence-corrected chi connectivity index (χ2v) is 8.30. The number of nitrogens with one attached hydrogen (secondary N) is 2. The number of fused-ring (bicyclic) bond motifs is 1. The van der Waals surface area contributed by atoms with Crippen LogP contribution < -0.4 is 10.0 Å². The first kappa shape index (κ1) is 18.8. The highest BCUT2D eigenvalue weighted by Gasteiger charge is 2.18. The van der Waals surface area contributed by atoms with Gasteiger partial charge in [-0.15, -0.1) is 0 Å². The van der Waals surface area contributed by atoms with E-state index in [1.165, 1.54) is 12.1 Å². The zero-order valence-corrected chi connectivity index (χ0v) is 16.0. The first-order chi connectivity index (χ1) is 12.9. The summed E-state index contributed by atoms with van der Waals surface area (Å²) in [6, 6.07) is 14.9. The van der Waals surface area contributed by atoms with Gasteiger partial charge in [0.25, 0.3) is 15.9 Å². The van der Waals surface area contributed by atoms with E-state index in [9.17, 15) is 13.2 Å². The number of rotatable bonds is 6. The monoisotopic (exact) mass is 383 g/mol. The van der Waals surface area contributed by atoms with Gasteiger partial charge >= 0.3 is 0 Å². The summed E-state index contributed by atoms with van der Waals surface area (Å²) in [7, 11) is -3.86. The first-order valence-corrected chi connectivity index (χ1v) is 10.1. The van der Waals surface area contributed by atoms with Gasteiger partial charge in [0.2, 0.25) is 0 Å². The lowest BCUT2D eigenvalue weighted by molar-refractivity contribution is 0.0949. The Morgan fingerprint density at radius 1 is 1.07 bits per heavy atom. The molecule has 0 aliphatic rings. The highest BCUT2D eigenvalue weighted by molar-refractivity contribution is 7.92. The Balaban J connectivity index is 1.89. The third-order valence-electron chi connectivity index (χ3n) is 3.95. The fraction of sp³-hybridized carbons (Fsp3) is 0.200. The molecule has 0 aliphatic carbocycles. The number of nitrogens with zero attached hydrogens (tertiary/aromatic N) is 1. The molecule has 140 valence electrons. The predicted octanol–water partition coefficient (Wildman–Crippen LogP) is 3.42. The largest absolute Gasteiger partial charge is 0.352 e. The Bertz CT molecular complexity index is 1070. The molecule has 0 fully saturated rings. The third kappa shape index (κ3) is 4.43. The van der Waals surface area contributed by atoms with Gasteiger partial charge in [0, 0.05) is 23.7 Å². The van der Waals surface area contributed by atoms with Crippen LogP contribution in [0.2, 0.25) is 0 Å². The van der Waals surface area contributed by atoms with Crippen molar-refractivity contribution >= 4 is 32.5 Å². The number of carbonyl (C=O) groups excluding carboxylic acids is 1. The summed E-state index contributed by atoms with van der Waals surface area (Å²) in [4.78, 5) is 16.5. The van der Waals surface area contributed by atoms with E-state index in [0.29, 0.717) is 29.2 Å². The molecule has 7 heteroatoms. The molecule has 0 unspecified atom stereocenters. The van der Waals surface area contributed by atoms with Crippen molar-refractivity contribution < 1.29 is 13.2 Å². The van der Waals surface area contributed by atoms with E-state index < -0.39 is 10.0 Å². The SMILES string of the molecule is CC(C)CNC(=O)c1cccc(S(=O)(=O)Nc2cccc3cccnc23)c1. The van der Waals surface area contributed by atoms with Crippen molar-refractivity contribution in [2.75, 3.05) is 11.3 Å². The molecule has 0 aliphatic heterocycles. The topological polar surface area (TPSA) is 88.2 Å². The van der Waals surface area contributed by atoms with E-state index in [4.69, 9.17) is 0 Å². The summed E-state index contributed by atoms with van der Waals surface area (Å²) in [5.41, 5.74) is 1.26. The fourth-order valence-corrected chi connectivity index (χ4v) is 3.71. The summed E-state index contributed by atoms with van der Waals surface area (Å²) < 4.78 is 28.2. The maximum Gasteiger partial charge on any atom is 0.261 e. The van der Waals surface area contributed by atoms with Gasteiger partial charge in [-0.25, -0.2) is 8.42 Å². The van der Waals surface area contributed by atoms with Crippen molar-refractivity contribution in [3.05, 3.63) is 66.4 Å². The molecule has 0 spiro atoms. The van der Waals surface area contributed by atoms with Gasteiger partial charge in [-0.05, 0) is 36.2 Å². The van der Waals surface area contributed by atoms with Crippen LogP contribution in [0.4, 0.5) is 5.69 Å². The second kappa shape index (κ2) is 7.75. The molecule has 1 amide bonds. The zero-order valence-electron chi connectivity index (χ0n) is 15.1. The summed E-state index contributed by atoms with van der Waals surface area (Å²) in [5.74, 6) is 0.00831. The molecule has 0 saturated heterocycles. The number of sulfonamides is 1. The summed E-state index contributed by atoms with van der Waals surface area (Å²) in [5, 5.41) is 3.62. The number of pyridine rings is 1. The number of anilines is 1. The normalized spacial score (nSPS) is 11.5. The fourth-order valence-electron chi connectivity index (χ4n) is 2.59. The lowest BCUT2D eigenvalue weighted by atomic mass is 10.2. The molecule has 1 heterocycles. The standard InChI is InChI=1S/C20H21N3O3S/c1-14(2)13-22-20(24)16-7-3-9-17(12-16)27(25,26)23-18-10-4-6-15-8-5-11-21-19(15)18/h3-12,14,23H,13H2,1-2H3,(H,22,24). The van der Waals surface area contributed by atoms with Gasteiger partial charge in [0.1, 0.15) is 0 Å². The van der Waals surface area contributed by atoms with Crippen molar-refractivity contribution in [1.82, 2.24) is 10.3 Å². The summed E-state index contributed by atoms with van der Waals surface area (Å²) >= 11 is 0. The molecule has 1 aromatic heterocycles. The van der Waals surface area contributed by atoms with Crippen molar-refractivity contribution in [3.8, 4) is 0 Å². The molecular weight excluding hydrogens is 362 g/mol. The van der Waals surface area contributed by atoms with Crippen LogP contribution in [0.15, 0.2) is 65.7 Å². The van der Waals surface area contributed by atoms with E-state index in [2.05, 4.69) is 15.0 Å². The van der Waals surface area contributed by atoms with Crippen LogP contribution in [-0.2, 0) is 10.0 Å². The maximum atomic E-state index is 12.8. The van der Waals surface area contributed by atoms with Gasteiger partial charge in [0.15, 0.2) is 0 Å². The van der Waals surface area contributed by atoms with Crippen LogP contribution >= 0.6 is 0 Å². The summed E-state index contributed by atoms with van der Waals surface area (Å²) in [6.45, 7) is 4.50. The smallest absolute Gasteiger partial charge is 0.261 e. The van der Waals surface area contributed by atoms with Crippen molar-refractivity contribution in [2.24, 2.45) is 5.92 Å². The minimum absolute atomic E-state index is 0.0210.